The van der Waals surface area contributed by atoms with Crippen LogP contribution in [0.2, 0.25) is 0 Å². The van der Waals surface area contributed by atoms with E-state index in [1.165, 1.54) is 12.0 Å². The van der Waals surface area contributed by atoms with E-state index in [2.05, 4.69) is 0 Å². The summed E-state index contributed by atoms with van der Waals surface area (Å²) in [6.45, 7) is 1.87. The van der Waals surface area contributed by atoms with Crippen molar-refractivity contribution in [3.8, 4) is 11.5 Å². The van der Waals surface area contributed by atoms with Crippen LogP contribution >= 0.6 is 0 Å². The number of amides is 1. The highest BCUT2D eigenvalue weighted by molar-refractivity contribution is 6.46. The molecule has 1 amide bonds. The molecule has 1 unspecified atom stereocenters. The van der Waals surface area contributed by atoms with Gasteiger partial charge in [-0.3, -0.25) is 9.59 Å². The first-order valence-corrected chi connectivity index (χ1v) is 10.1. The molecule has 2 heterocycles. The van der Waals surface area contributed by atoms with Gasteiger partial charge in [-0.25, -0.2) is 0 Å². The molecule has 7 heteroatoms. The number of para-hydroxylation sites is 2. The maximum atomic E-state index is 13.1. The molecule has 7 nitrogen and oxygen atoms in total. The quantitative estimate of drug-likeness (QED) is 0.356. The molecule has 1 fully saturated rings. The summed E-state index contributed by atoms with van der Waals surface area (Å²) in [6, 6.07) is 16.6. The van der Waals surface area contributed by atoms with Crippen molar-refractivity contribution in [1.29, 1.82) is 0 Å². The third-order valence-electron chi connectivity index (χ3n) is 5.47. The molecule has 1 saturated heterocycles. The smallest absolute Gasteiger partial charge is 0.296 e. The van der Waals surface area contributed by atoms with E-state index in [0.717, 1.165) is 5.56 Å². The van der Waals surface area contributed by atoms with E-state index >= 15 is 0 Å². The van der Waals surface area contributed by atoms with E-state index in [-0.39, 0.29) is 17.9 Å². The second-order valence-electron chi connectivity index (χ2n) is 7.39. The molecule has 0 radical (unpaired) electrons. The zero-order valence-electron chi connectivity index (χ0n) is 18.0. The average Bonchev–Trinajstić information content (AvgIpc) is 3.35. The molecule has 32 heavy (non-hydrogen) atoms. The Morgan fingerprint density at radius 2 is 1.62 bits per heavy atom. The first-order valence-electron chi connectivity index (χ1n) is 10.1. The Hall–Kier alpha value is -4.00. The molecule has 2 aromatic carbocycles. The fourth-order valence-corrected chi connectivity index (χ4v) is 3.94. The number of hydrogen-bond donors (Lipinski definition) is 1. The zero-order chi connectivity index (χ0) is 22.8. The van der Waals surface area contributed by atoms with E-state index in [0.29, 0.717) is 28.6 Å². The summed E-state index contributed by atoms with van der Waals surface area (Å²) in [4.78, 5) is 27.6. The lowest BCUT2D eigenvalue weighted by molar-refractivity contribution is -0.140. The molecule has 0 bridgehead atoms. The Balaban J connectivity index is 1.88. The van der Waals surface area contributed by atoms with Crippen molar-refractivity contribution in [1.82, 2.24) is 4.90 Å². The van der Waals surface area contributed by atoms with Gasteiger partial charge in [0.25, 0.3) is 11.7 Å². The van der Waals surface area contributed by atoms with Crippen LogP contribution in [0.4, 0.5) is 0 Å². The summed E-state index contributed by atoms with van der Waals surface area (Å²) in [5, 5.41) is 11.2. The fraction of sp³-hybridized carbons (Fsp3) is 0.200. The number of rotatable bonds is 6. The molecule has 3 aromatic rings. The first-order chi connectivity index (χ1) is 15.5. The third kappa shape index (κ3) is 3.62. The number of nitrogens with zero attached hydrogens (tertiary/aromatic N) is 1. The number of ether oxygens (including phenoxy) is 2. The largest absolute Gasteiger partial charge is 0.507 e. The van der Waals surface area contributed by atoms with Crippen molar-refractivity contribution in [2.24, 2.45) is 0 Å². The molecule has 0 aliphatic carbocycles. The van der Waals surface area contributed by atoms with E-state index in [1.54, 1.807) is 56.5 Å². The van der Waals surface area contributed by atoms with Gasteiger partial charge in [0, 0.05) is 5.56 Å². The molecular formula is C25H23NO6. The molecule has 1 aliphatic rings. The van der Waals surface area contributed by atoms with Crippen LogP contribution in [0.3, 0.4) is 0 Å². The van der Waals surface area contributed by atoms with Gasteiger partial charge in [0.15, 0.2) is 0 Å². The van der Waals surface area contributed by atoms with Crippen LogP contribution in [0, 0.1) is 6.92 Å². The van der Waals surface area contributed by atoms with Gasteiger partial charge in [0.2, 0.25) is 0 Å². The second kappa shape index (κ2) is 8.63. The van der Waals surface area contributed by atoms with Crippen LogP contribution in [0.1, 0.15) is 28.7 Å². The molecule has 1 aromatic heterocycles. The molecule has 0 spiro atoms. The minimum atomic E-state index is -0.904. The third-order valence-corrected chi connectivity index (χ3v) is 5.47. The molecule has 0 saturated carbocycles. The number of aryl methyl sites for hydroxylation is 1. The number of carbonyl (C=O) groups excluding carboxylic acids is 2. The SMILES string of the molecule is COc1ccccc1CN1C(=O)C(=O)/C(=C(/O)c2ccccc2OC)C1c1ccc(C)o1. The van der Waals surface area contributed by atoms with Gasteiger partial charge in [-0.05, 0) is 37.3 Å². The number of hydrogen-bond acceptors (Lipinski definition) is 6. The Morgan fingerprint density at radius 3 is 2.28 bits per heavy atom. The van der Waals surface area contributed by atoms with Crippen molar-refractivity contribution in [2.45, 2.75) is 19.5 Å². The number of likely N-dealkylation sites (tertiary alicyclic amines) is 1. The highest BCUT2D eigenvalue weighted by Gasteiger charge is 2.48. The van der Waals surface area contributed by atoms with Crippen molar-refractivity contribution in [3.05, 3.63) is 88.9 Å². The Labute approximate surface area is 185 Å². The molecule has 1 aliphatic heterocycles. The number of aliphatic hydroxyl groups is 1. The Bertz CT molecular complexity index is 1210. The lowest BCUT2D eigenvalue weighted by Crippen LogP contribution is -2.29. The minimum Gasteiger partial charge on any atom is -0.507 e. The van der Waals surface area contributed by atoms with Gasteiger partial charge in [-0.15, -0.1) is 0 Å². The molecule has 4 rings (SSSR count). The predicted molar refractivity (Wildman–Crippen MR) is 117 cm³/mol. The van der Waals surface area contributed by atoms with Crippen molar-refractivity contribution >= 4 is 17.4 Å². The predicted octanol–water partition coefficient (Wildman–Crippen LogP) is 4.23. The van der Waals surface area contributed by atoms with Gasteiger partial charge >= 0.3 is 0 Å². The summed E-state index contributed by atoms with van der Waals surface area (Å²) in [7, 11) is 3.02. The summed E-state index contributed by atoms with van der Waals surface area (Å²) in [6.07, 6.45) is 0. The van der Waals surface area contributed by atoms with Crippen LogP contribution < -0.4 is 9.47 Å². The monoisotopic (exact) mass is 433 g/mol. The number of aliphatic hydroxyl groups excluding tert-OH is 1. The summed E-state index contributed by atoms with van der Waals surface area (Å²) in [5.74, 6) is 0.146. The van der Waals surface area contributed by atoms with Gasteiger partial charge in [0.1, 0.15) is 34.8 Å². The lowest BCUT2D eigenvalue weighted by Gasteiger charge is -2.24. The zero-order valence-corrected chi connectivity index (χ0v) is 18.0. The van der Waals surface area contributed by atoms with E-state index < -0.39 is 17.7 Å². The Kier molecular flexibility index (Phi) is 5.73. The Morgan fingerprint density at radius 1 is 0.969 bits per heavy atom. The second-order valence-corrected chi connectivity index (χ2v) is 7.39. The van der Waals surface area contributed by atoms with Crippen LogP contribution in [0.15, 0.2) is 70.7 Å². The van der Waals surface area contributed by atoms with Gasteiger partial charge < -0.3 is 23.9 Å². The maximum Gasteiger partial charge on any atom is 0.296 e. The van der Waals surface area contributed by atoms with Crippen molar-refractivity contribution < 1.29 is 28.6 Å². The van der Waals surface area contributed by atoms with E-state index in [1.807, 2.05) is 18.2 Å². The summed E-state index contributed by atoms with van der Waals surface area (Å²) < 4.78 is 16.6. The minimum absolute atomic E-state index is 0.0521. The summed E-state index contributed by atoms with van der Waals surface area (Å²) >= 11 is 0. The normalized spacial score (nSPS) is 17.6. The average molecular weight is 433 g/mol. The highest BCUT2D eigenvalue weighted by Crippen LogP contribution is 2.42. The van der Waals surface area contributed by atoms with Crippen LogP contribution in [0.5, 0.6) is 11.5 Å². The first kappa shape index (κ1) is 21.2. The van der Waals surface area contributed by atoms with Crippen LogP contribution in [0.25, 0.3) is 5.76 Å². The van der Waals surface area contributed by atoms with Gasteiger partial charge in [0.05, 0.1) is 31.9 Å². The number of Topliss-reactive ketones (excluding diaryl/α,β-unsaturated/α-hetero) is 1. The maximum absolute atomic E-state index is 13.1. The fourth-order valence-electron chi connectivity index (χ4n) is 3.94. The topological polar surface area (TPSA) is 89.2 Å². The van der Waals surface area contributed by atoms with Crippen LogP contribution in [-0.4, -0.2) is 35.9 Å². The number of methoxy groups -OCH3 is 2. The van der Waals surface area contributed by atoms with Crippen molar-refractivity contribution in [2.75, 3.05) is 14.2 Å². The molecular weight excluding hydrogens is 410 g/mol. The van der Waals surface area contributed by atoms with Gasteiger partial charge in [-0.1, -0.05) is 30.3 Å². The van der Waals surface area contributed by atoms with E-state index in [9.17, 15) is 14.7 Å². The van der Waals surface area contributed by atoms with E-state index in [4.69, 9.17) is 13.9 Å². The highest BCUT2D eigenvalue weighted by atomic mass is 16.5. The molecule has 1 N–H and O–H groups in total. The van der Waals surface area contributed by atoms with Crippen LogP contribution in [-0.2, 0) is 16.1 Å². The number of benzene rings is 2. The van der Waals surface area contributed by atoms with Crippen molar-refractivity contribution in [3.63, 3.8) is 0 Å². The molecule has 1 atom stereocenters. The number of ketones is 1. The molecule has 164 valence electrons. The summed E-state index contributed by atoms with van der Waals surface area (Å²) in [5.41, 5.74) is 0.991. The number of furan rings is 1. The standard InChI is InChI=1S/C25H23NO6/c1-15-12-13-20(32-15)22-21(23(27)17-9-5-7-11-19(17)31-3)24(28)25(29)26(22)14-16-8-4-6-10-18(16)30-2/h4-13,22,27H,14H2,1-3H3/b23-21+. The lowest BCUT2D eigenvalue weighted by atomic mass is 9.98. The van der Waals surface area contributed by atoms with Gasteiger partial charge in [-0.2, -0.15) is 0 Å². The number of carbonyl (C=O) groups is 2.